The van der Waals surface area contributed by atoms with E-state index in [9.17, 15) is 4.79 Å². The number of hydrogen-bond donors (Lipinski definition) is 1. The van der Waals surface area contributed by atoms with Gasteiger partial charge in [-0.05, 0) is 24.1 Å². The second kappa shape index (κ2) is 5.90. The smallest absolute Gasteiger partial charge is 0.261 e. The molecule has 5 nitrogen and oxygen atoms in total. The van der Waals surface area contributed by atoms with Gasteiger partial charge in [-0.2, -0.15) is 0 Å². The maximum atomic E-state index is 12.7. The molecule has 3 aromatic heterocycles. The van der Waals surface area contributed by atoms with Gasteiger partial charge in [0.1, 0.15) is 5.65 Å². The third kappa shape index (κ3) is 2.68. The second-order valence-electron chi connectivity index (χ2n) is 5.41. The number of imidazole rings is 1. The van der Waals surface area contributed by atoms with E-state index >= 15 is 0 Å². The number of amides is 1. The van der Waals surface area contributed by atoms with Crippen LogP contribution in [0, 0.1) is 6.92 Å². The van der Waals surface area contributed by atoms with Gasteiger partial charge in [-0.3, -0.25) is 10.1 Å². The summed E-state index contributed by atoms with van der Waals surface area (Å²) in [6.07, 6.45) is 5.50. The van der Waals surface area contributed by atoms with Gasteiger partial charge in [-0.1, -0.05) is 30.3 Å². The van der Waals surface area contributed by atoms with Crippen molar-refractivity contribution in [3.05, 3.63) is 71.6 Å². The maximum Gasteiger partial charge on any atom is 0.261 e. The number of carbonyl (C=O) groups is 1. The fourth-order valence-electron chi connectivity index (χ4n) is 2.56. The van der Waals surface area contributed by atoms with E-state index in [1.807, 2.05) is 65.5 Å². The van der Waals surface area contributed by atoms with E-state index in [2.05, 4.69) is 15.3 Å². The summed E-state index contributed by atoms with van der Waals surface area (Å²) in [5.41, 5.74) is 4.04. The van der Waals surface area contributed by atoms with E-state index < -0.39 is 0 Å². The van der Waals surface area contributed by atoms with Crippen LogP contribution in [-0.2, 0) is 0 Å². The summed E-state index contributed by atoms with van der Waals surface area (Å²) in [4.78, 5) is 21.3. The zero-order valence-electron chi connectivity index (χ0n) is 12.9. The van der Waals surface area contributed by atoms with Crippen molar-refractivity contribution >= 4 is 28.0 Å². The topological polar surface area (TPSA) is 59.3 Å². The van der Waals surface area contributed by atoms with E-state index in [4.69, 9.17) is 0 Å². The highest BCUT2D eigenvalue weighted by molar-refractivity contribution is 7.13. The summed E-state index contributed by atoms with van der Waals surface area (Å²) in [6, 6.07) is 11.8. The highest BCUT2D eigenvalue weighted by Crippen LogP contribution is 2.24. The molecular weight excluding hydrogens is 320 g/mol. The van der Waals surface area contributed by atoms with Crippen molar-refractivity contribution < 1.29 is 4.79 Å². The molecular formula is C18H14N4OS. The third-order valence-electron chi connectivity index (χ3n) is 3.68. The number of pyridine rings is 1. The van der Waals surface area contributed by atoms with Crippen LogP contribution in [0.3, 0.4) is 0 Å². The number of thiazole rings is 1. The Bertz CT molecular complexity index is 1020. The average molecular weight is 334 g/mol. The van der Waals surface area contributed by atoms with Gasteiger partial charge in [0.25, 0.3) is 5.91 Å². The Labute approximate surface area is 142 Å². The van der Waals surface area contributed by atoms with E-state index in [-0.39, 0.29) is 5.91 Å². The van der Waals surface area contributed by atoms with Gasteiger partial charge in [-0.25, -0.2) is 9.97 Å². The molecule has 1 amide bonds. The van der Waals surface area contributed by atoms with Gasteiger partial charge < -0.3 is 4.40 Å². The van der Waals surface area contributed by atoms with Gasteiger partial charge in [-0.15, -0.1) is 11.3 Å². The van der Waals surface area contributed by atoms with Crippen LogP contribution >= 0.6 is 11.3 Å². The molecule has 0 unspecified atom stereocenters. The quantitative estimate of drug-likeness (QED) is 0.615. The number of aromatic nitrogens is 3. The summed E-state index contributed by atoms with van der Waals surface area (Å²) in [7, 11) is 0. The van der Waals surface area contributed by atoms with Crippen molar-refractivity contribution in [3.63, 3.8) is 0 Å². The summed E-state index contributed by atoms with van der Waals surface area (Å²) in [5, 5.41) is 5.35. The molecule has 0 radical (unpaired) electrons. The Balaban J connectivity index is 1.78. The van der Waals surface area contributed by atoms with E-state index in [0.29, 0.717) is 16.3 Å². The Hall–Kier alpha value is -2.99. The summed E-state index contributed by atoms with van der Waals surface area (Å²) >= 11 is 1.41. The van der Waals surface area contributed by atoms with Crippen LogP contribution in [0.1, 0.15) is 16.1 Å². The number of hydrogen-bond acceptors (Lipinski definition) is 4. The zero-order valence-corrected chi connectivity index (χ0v) is 13.7. The first-order chi connectivity index (χ1) is 11.7. The van der Waals surface area contributed by atoms with Crippen molar-refractivity contribution in [3.8, 4) is 11.1 Å². The minimum Gasteiger partial charge on any atom is -0.306 e. The van der Waals surface area contributed by atoms with Crippen LogP contribution in [0.4, 0.5) is 5.13 Å². The molecule has 0 aliphatic carbocycles. The lowest BCUT2D eigenvalue weighted by Crippen LogP contribution is -2.13. The number of nitrogens with zero attached hydrogens (tertiary/aromatic N) is 3. The Morgan fingerprint density at radius 2 is 2.04 bits per heavy atom. The second-order valence-corrected chi connectivity index (χ2v) is 6.27. The van der Waals surface area contributed by atoms with Crippen LogP contribution in [0.15, 0.2) is 60.4 Å². The van der Waals surface area contributed by atoms with Crippen LogP contribution in [-0.4, -0.2) is 20.3 Å². The minimum atomic E-state index is -0.210. The van der Waals surface area contributed by atoms with Crippen molar-refractivity contribution in [1.82, 2.24) is 14.4 Å². The van der Waals surface area contributed by atoms with Crippen molar-refractivity contribution in [2.45, 2.75) is 6.92 Å². The molecule has 0 fully saturated rings. The molecule has 0 atom stereocenters. The molecule has 6 heteroatoms. The van der Waals surface area contributed by atoms with Crippen LogP contribution < -0.4 is 5.32 Å². The molecule has 0 aliphatic heterocycles. The predicted molar refractivity (Wildman–Crippen MR) is 95.4 cm³/mol. The molecule has 118 valence electrons. The van der Waals surface area contributed by atoms with Crippen LogP contribution in [0.5, 0.6) is 0 Å². The number of carbonyl (C=O) groups excluding carboxylic acids is 1. The summed E-state index contributed by atoms with van der Waals surface area (Å²) < 4.78 is 1.87. The molecule has 1 N–H and O–H groups in total. The molecule has 4 rings (SSSR count). The number of anilines is 1. The lowest BCUT2D eigenvalue weighted by molar-refractivity contribution is 0.102. The highest BCUT2D eigenvalue weighted by Gasteiger charge is 2.15. The highest BCUT2D eigenvalue weighted by atomic mass is 32.1. The average Bonchev–Trinajstić information content (AvgIpc) is 3.23. The third-order valence-corrected chi connectivity index (χ3v) is 4.55. The van der Waals surface area contributed by atoms with Crippen LogP contribution in [0.2, 0.25) is 0 Å². The summed E-state index contributed by atoms with van der Waals surface area (Å²) in [6.45, 7) is 1.90. The van der Waals surface area contributed by atoms with E-state index in [1.165, 1.54) is 11.3 Å². The fourth-order valence-corrected chi connectivity index (χ4v) is 3.25. The number of fused-ring (bicyclic) bond motifs is 1. The van der Waals surface area contributed by atoms with Gasteiger partial charge in [0.15, 0.2) is 5.13 Å². The Morgan fingerprint density at radius 3 is 2.79 bits per heavy atom. The summed E-state index contributed by atoms with van der Waals surface area (Å²) in [5.74, 6) is -0.210. The molecule has 0 saturated heterocycles. The van der Waals surface area contributed by atoms with Crippen molar-refractivity contribution in [1.29, 1.82) is 0 Å². The predicted octanol–water partition coefficient (Wildman–Crippen LogP) is 4.02. The van der Waals surface area contributed by atoms with E-state index in [1.54, 1.807) is 6.20 Å². The van der Waals surface area contributed by atoms with Crippen LogP contribution in [0.25, 0.3) is 16.8 Å². The Kier molecular flexibility index (Phi) is 3.59. The zero-order chi connectivity index (χ0) is 16.5. The number of rotatable bonds is 3. The first kappa shape index (κ1) is 14.6. The van der Waals surface area contributed by atoms with Crippen molar-refractivity contribution in [2.24, 2.45) is 0 Å². The molecule has 24 heavy (non-hydrogen) atoms. The number of benzene rings is 1. The van der Waals surface area contributed by atoms with Crippen molar-refractivity contribution in [2.75, 3.05) is 5.32 Å². The molecule has 0 spiro atoms. The normalized spacial score (nSPS) is 10.9. The number of nitrogens with one attached hydrogen (secondary N) is 1. The monoisotopic (exact) mass is 334 g/mol. The Morgan fingerprint density at radius 1 is 1.21 bits per heavy atom. The van der Waals surface area contributed by atoms with Gasteiger partial charge in [0.05, 0.1) is 11.3 Å². The van der Waals surface area contributed by atoms with E-state index in [0.717, 1.165) is 16.8 Å². The minimum absolute atomic E-state index is 0.210. The first-order valence-corrected chi connectivity index (χ1v) is 8.34. The number of aryl methyl sites for hydroxylation is 1. The molecule has 0 bridgehead atoms. The molecule has 0 aliphatic rings. The van der Waals surface area contributed by atoms with Gasteiger partial charge in [0.2, 0.25) is 0 Å². The van der Waals surface area contributed by atoms with Gasteiger partial charge in [0, 0.05) is 24.0 Å². The molecule has 1 aromatic carbocycles. The molecule has 3 heterocycles. The standard InChI is InChI=1S/C18H14N4OS/c1-12-11-24-18(20-12)21-17(23)15-9-14(13-5-3-2-4-6-13)10-22-8-7-19-16(15)22/h2-11H,1H3,(H,20,21,23). The maximum absolute atomic E-state index is 12.7. The van der Waals surface area contributed by atoms with Gasteiger partial charge >= 0.3 is 0 Å². The SMILES string of the molecule is Cc1csc(NC(=O)c2cc(-c3ccccc3)cn3ccnc23)n1. The largest absolute Gasteiger partial charge is 0.306 e. The fraction of sp³-hybridized carbons (Fsp3) is 0.0556. The lowest BCUT2D eigenvalue weighted by Gasteiger charge is -2.08. The molecule has 4 aromatic rings. The first-order valence-electron chi connectivity index (χ1n) is 7.46. The lowest BCUT2D eigenvalue weighted by atomic mass is 10.1. The molecule has 0 saturated carbocycles.